The van der Waals surface area contributed by atoms with E-state index >= 15 is 0 Å². The molecule has 1 aliphatic rings. The van der Waals surface area contributed by atoms with E-state index in [0.29, 0.717) is 24.3 Å². The standard InChI is InChI=1S/C29H26N6O2/c1-33(2)19-20-6-8-22(9-7-20)23-10-12-25(13-11-23)34-14-15-35-27(29(34)37)26(18-31-35)28(36)32-24-5-3-4-21(16-24)17-30/h3-13,16,18H,14-15,19H2,1-2H3,(H,32,36). The number of rotatable bonds is 6. The van der Waals surface area contributed by atoms with Crippen LogP contribution in [0.25, 0.3) is 11.1 Å². The molecule has 0 fully saturated rings. The normalized spacial score (nSPS) is 12.8. The van der Waals surface area contributed by atoms with Gasteiger partial charge >= 0.3 is 0 Å². The van der Waals surface area contributed by atoms with Gasteiger partial charge in [-0.15, -0.1) is 0 Å². The fourth-order valence-electron chi connectivity index (χ4n) is 4.48. The largest absolute Gasteiger partial charge is 0.322 e. The number of aromatic nitrogens is 2. The van der Waals surface area contributed by atoms with Crippen molar-refractivity contribution in [1.82, 2.24) is 14.7 Å². The Kier molecular flexibility index (Phi) is 6.54. The fourth-order valence-corrected chi connectivity index (χ4v) is 4.48. The number of hydrogen-bond donors (Lipinski definition) is 1. The van der Waals surface area contributed by atoms with Crippen LogP contribution in [-0.4, -0.2) is 47.1 Å². The van der Waals surface area contributed by atoms with Crippen LogP contribution < -0.4 is 10.2 Å². The van der Waals surface area contributed by atoms with Crippen molar-refractivity contribution in [3.8, 4) is 17.2 Å². The van der Waals surface area contributed by atoms with E-state index in [1.165, 1.54) is 11.8 Å². The Balaban J connectivity index is 1.34. The Morgan fingerprint density at radius 3 is 2.41 bits per heavy atom. The lowest BCUT2D eigenvalue weighted by Gasteiger charge is -2.28. The summed E-state index contributed by atoms with van der Waals surface area (Å²) in [7, 11) is 4.09. The van der Waals surface area contributed by atoms with Gasteiger partial charge in [-0.1, -0.05) is 42.5 Å². The van der Waals surface area contributed by atoms with E-state index in [1.807, 2.05) is 44.4 Å². The molecule has 184 valence electrons. The highest BCUT2D eigenvalue weighted by Gasteiger charge is 2.32. The van der Waals surface area contributed by atoms with Gasteiger partial charge in [0.15, 0.2) is 0 Å². The van der Waals surface area contributed by atoms with E-state index in [-0.39, 0.29) is 17.2 Å². The van der Waals surface area contributed by atoms with Crippen LogP contribution in [0.3, 0.4) is 0 Å². The zero-order chi connectivity index (χ0) is 25.9. The van der Waals surface area contributed by atoms with Gasteiger partial charge in [-0.3, -0.25) is 14.3 Å². The highest BCUT2D eigenvalue weighted by Crippen LogP contribution is 2.27. The van der Waals surface area contributed by atoms with Crippen molar-refractivity contribution in [2.24, 2.45) is 0 Å². The van der Waals surface area contributed by atoms with Crippen molar-refractivity contribution < 1.29 is 9.59 Å². The van der Waals surface area contributed by atoms with E-state index in [0.717, 1.165) is 23.4 Å². The number of nitrogens with zero attached hydrogens (tertiary/aromatic N) is 5. The van der Waals surface area contributed by atoms with Gasteiger partial charge in [-0.05, 0) is 61.1 Å². The Morgan fingerprint density at radius 2 is 1.73 bits per heavy atom. The van der Waals surface area contributed by atoms with Crippen LogP contribution in [0.2, 0.25) is 0 Å². The molecule has 1 aromatic heterocycles. The number of amides is 2. The van der Waals surface area contributed by atoms with Gasteiger partial charge < -0.3 is 15.1 Å². The third kappa shape index (κ3) is 4.99. The number of anilines is 2. The Hall–Kier alpha value is -4.74. The summed E-state index contributed by atoms with van der Waals surface area (Å²) in [5.41, 5.74) is 5.55. The molecule has 0 aliphatic carbocycles. The number of benzene rings is 3. The number of hydrogen-bond acceptors (Lipinski definition) is 5. The Morgan fingerprint density at radius 1 is 1.03 bits per heavy atom. The van der Waals surface area contributed by atoms with Crippen molar-refractivity contribution in [1.29, 1.82) is 5.26 Å². The molecule has 0 atom stereocenters. The van der Waals surface area contributed by atoms with Gasteiger partial charge in [-0.25, -0.2) is 0 Å². The third-order valence-corrected chi connectivity index (χ3v) is 6.28. The Labute approximate surface area is 215 Å². The molecule has 2 amide bonds. The lowest BCUT2D eigenvalue weighted by Crippen LogP contribution is -2.41. The van der Waals surface area contributed by atoms with Crippen LogP contribution in [0.4, 0.5) is 11.4 Å². The second-order valence-corrected chi connectivity index (χ2v) is 9.22. The van der Waals surface area contributed by atoms with Crippen molar-refractivity contribution in [3.63, 3.8) is 0 Å². The summed E-state index contributed by atoms with van der Waals surface area (Å²) in [5, 5.41) is 16.1. The second kappa shape index (κ2) is 10.1. The second-order valence-electron chi connectivity index (χ2n) is 9.22. The van der Waals surface area contributed by atoms with E-state index in [4.69, 9.17) is 5.26 Å². The number of fused-ring (bicyclic) bond motifs is 1. The van der Waals surface area contributed by atoms with Crippen LogP contribution in [0.1, 0.15) is 32.0 Å². The van der Waals surface area contributed by atoms with Crippen LogP contribution in [0.5, 0.6) is 0 Å². The van der Waals surface area contributed by atoms with Crippen LogP contribution in [0.15, 0.2) is 79.0 Å². The minimum absolute atomic E-state index is 0.200. The summed E-state index contributed by atoms with van der Waals surface area (Å²) in [6.07, 6.45) is 1.42. The first-order valence-electron chi connectivity index (χ1n) is 12.0. The Bertz CT molecular complexity index is 1500. The molecule has 0 spiro atoms. The number of carbonyl (C=O) groups excluding carboxylic acids is 2. The van der Waals surface area contributed by atoms with Crippen molar-refractivity contribution in [2.75, 3.05) is 30.9 Å². The molecule has 8 nitrogen and oxygen atoms in total. The van der Waals surface area contributed by atoms with Crippen LogP contribution in [0, 0.1) is 11.3 Å². The van der Waals surface area contributed by atoms with Crippen molar-refractivity contribution in [3.05, 3.63) is 101 Å². The number of nitrogens with one attached hydrogen (secondary N) is 1. The van der Waals surface area contributed by atoms with E-state index in [2.05, 4.69) is 39.6 Å². The summed E-state index contributed by atoms with van der Waals surface area (Å²) in [5.74, 6) is -0.722. The summed E-state index contributed by atoms with van der Waals surface area (Å²) in [6, 6.07) is 25.0. The van der Waals surface area contributed by atoms with Crippen molar-refractivity contribution >= 4 is 23.2 Å². The van der Waals surface area contributed by atoms with E-state index < -0.39 is 5.91 Å². The molecule has 0 radical (unpaired) electrons. The molecule has 1 aliphatic heterocycles. The highest BCUT2D eigenvalue weighted by atomic mass is 16.2. The average molecular weight is 491 g/mol. The summed E-state index contributed by atoms with van der Waals surface area (Å²) in [4.78, 5) is 30.3. The van der Waals surface area contributed by atoms with Gasteiger partial charge in [0.25, 0.3) is 11.8 Å². The zero-order valence-electron chi connectivity index (χ0n) is 20.7. The maximum absolute atomic E-state index is 13.5. The summed E-state index contributed by atoms with van der Waals surface area (Å²) >= 11 is 0. The molecule has 8 heteroatoms. The molecule has 0 bridgehead atoms. The molecule has 2 heterocycles. The van der Waals surface area contributed by atoms with Gasteiger partial charge in [-0.2, -0.15) is 10.4 Å². The first-order chi connectivity index (χ1) is 17.9. The van der Waals surface area contributed by atoms with Gasteiger partial charge in [0.1, 0.15) is 5.69 Å². The van der Waals surface area contributed by atoms with E-state index in [1.54, 1.807) is 33.8 Å². The average Bonchev–Trinajstić information content (AvgIpc) is 3.35. The molecule has 0 unspecified atom stereocenters. The molecule has 0 saturated heterocycles. The summed E-state index contributed by atoms with van der Waals surface area (Å²) < 4.78 is 1.57. The first-order valence-corrected chi connectivity index (χ1v) is 12.0. The monoisotopic (exact) mass is 490 g/mol. The van der Waals surface area contributed by atoms with E-state index in [9.17, 15) is 9.59 Å². The number of nitriles is 1. The molecule has 1 N–H and O–H groups in total. The minimum atomic E-state index is -0.445. The predicted octanol–water partition coefficient (Wildman–Crippen LogP) is 4.40. The molecule has 4 aromatic rings. The lowest BCUT2D eigenvalue weighted by atomic mass is 10.0. The summed E-state index contributed by atoms with van der Waals surface area (Å²) in [6.45, 7) is 1.82. The van der Waals surface area contributed by atoms with Crippen LogP contribution in [-0.2, 0) is 13.1 Å². The molecule has 37 heavy (non-hydrogen) atoms. The third-order valence-electron chi connectivity index (χ3n) is 6.28. The quantitative estimate of drug-likeness (QED) is 0.432. The number of carbonyl (C=O) groups is 2. The lowest BCUT2D eigenvalue weighted by molar-refractivity contribution is 0.0947. The van der Waals surface area contributed by atoms with Gasteiger partial charge in [0, 0.05) is 24.5 Å². The molecular weight excluding hydrogens is 464 g/mol. The zero-order valence-corrected chi connectivity index (χ0v) is 20.7. The minimum Gasteiger partial charge on any atom is -0.322 e. The molecular formula is C29H26N6O2. The van der Waals surface area contributed by atoms with Crippen molar-refractivity contribution in [2.45, 2.75) is 13.1 Å². The predicted molar refractivity (Wildman–Crippen MR) is 142 cm³/mol. The first kappa shape index (κ1) is 24.0. The topological polar surface area (TPSA) is 94.3 Å². The van der Waals surface area contributed by atoms with Crippen LogP contribution >= 0.6 is 0 Å². The van der Waals surface area contributed by atoms with Gasteiger partial charge in [0.2, 0.25) is 0 Å². The van der Waals surface area contributed by atoms with Gasteiger partial charge in [0.05, 0.1) is 29.9 Å². The maximum atomic E-state index is 13.5. The fraction of sp³-hybridized carbons (Fsp3) is 0.172. The molecule has 0 saturated carbocycles. The SMILES string of the molecule is CN(C)Cc1ccc(-c2ccc(N3CCn4ncc(C(=O)Nc5cccc(C#N)c5)c4C3=O)cc2)cc1. The maximum Gasteiger partial charge on any atom is 0.277 e. The molecule has 3 aromatic carbocycles. The highest BCUT2D eigenvalue weighted by molar-refractivity contribution is 6.15. The smallest absolute Gasteiger partial charge is 0.277 e. The molecule has 5 rings (SSSR count).